The number of rotatable bonds is 7. The first-order valence-electron chi connectivity index (χ1n) is 19.6. The molecule has 0 radical (unpaired) electrons. The Labute approximate surface area is 359 Å². The number of anilines is 2. The summed E-state index contributed by atoms with van der Waals surface area (Å²) in [6.45, 7) is 18.8. The Bertz CT molecular complexity index is 2400. The largest absolute Gasteiger partial charge is 0.478 e. The third-order valence-electron chi connectivity index (χ3n) is 9.87. The lowest BCUT2D eigenvalue weighted by Gasteiger charge is -2.33. The molecular weight excluding hydrogens is 789 g/mol. The van der Waals surface area contributed by atoms with Crippen LogP contribution in [0.25, 0.3) is 27.4 Å². The van der Waals surface area contributed by atoms with Crippen molar-refractivity contribution in [1.29, 1.82) is 0 Å². The molecule has 0 amide bonds. The summed E-state index contributed by atoms with van der Waals surface area (Å²) in [7, 11) is 2.99. The van der Waals surface area contributed by atoms with Crippen LogP contribution in [0.4, 0.5) is 17.1 Å². The number of aryl methyl sites for hydroxylation is 2. The summed E-state index contributed by atoms with van der Waals surface area (Å²) in [6, 6.07) is 13.6. The molecule has 7 rings (SSSR count). The number of aromatic carboxylic acids is 2. The van der Waals surface area contributed by atoms with Gasteiger partial charge in [0.1, 0.15) is 13.8 Å². The van der Waals surface area contributed by atoms with Crippen LogP contribution in [0.5, 0.6) is 0 Å². The van der Waals surface area contributed by atoms with Gasteiger partial charge in [0.25, 0.3) is 0 Å². The first kappa shape index (κ1) is 47.1. The molecule has 16 nitrogen and oxygen atoms in total. The quantitative estimate of drug-likeness (QED) is 0.0542. The predicted octanol–water partition coefficient (Wildman–Crippen LogP) is 7.42. The fraction of sp³-hybridized carbons (Fsp3) is 0.364. The van der Waals surface area contributed by atoms with Crippen molar-refractivity contribution in [3.05, 3.63) is 118 Å². The zero-order valence-electron chi connectivity index (χ0n) is 35.2. The summed E-state index contributed by atoms with van der Waals surface area (Å²) < 4.78 is 1.61. The molecule has 0 saturated carbocycles. The summed E-state index contributed by atoms with van der Waals surface area (Å²) in [6.07, 6.45) is 9.27. The second-order valence-corrected chi connectivity index (χ2v) is 20.5. The Morgan fingerprint density at radius 1 is 0.754 bits per heavy atom. The summed E-state index contributed by atoms with van der Waals surface area (Å²) in [4.78, 5) is 42.5. The van der Waals surface area contributed by atoms with E-state index in [2.05, 4.69) is 107 Å². The summed E-state index contributed by atoms with van der Waals surface area (Å²) in [5.41, 5.74) is 19.5. The minimum Gasteiger partial charge on any atom is -0.478 e. The highest BCUT2D eigenvalue weighted by molar-refractivity contribution is 6.83. The van der Waals surface area contributed by atoms with Gasteiger partial charge in [0.05, 0.1) is 46.8 Å². The van der Waals surface area contributed by atoms with Gasteiger partial charge < -0.3 is 29.8 Å². The molecule has 320 valence electrons. The molecule has 0 atom stereocenters. The fourth-order valence-electron chi connectivity index (χ4n) is 6.20. The first-order valence-corrected chi connectivity index (χ1v) is 23.1. The topological polar surface area (TPSA) is 193 Å². The number of benzene rings is 2. The van der Waals surface area contributed by atoms with E-state index in [9.17, 15) is 14.7 Å². The Morgan fingerprint density at radius 2 is 1.30 bits per heavy atom. The van der Waals surface area contributed by atoms with Crippen molar-refractivity contribution in [1.82, 2.24) is 34.8 Å². The van der Waals surface area contributed by atoms with Crippen molar-refractivity contribution in [2.24, 2.45) is 5.11 Å². The van der Waals surface area contributed by atoms with E-state index in [0.29, 0.717) is 17.1 Å². The number of carboxylic acid groups (broad SMARTS) is 2. The van der Waals surface area contributed by atoms with E-state index in [1.54, 1.807) is 48.3 Å². The van der Waals surface area contributed by atoms with Crippen LogP contribution in [0.15, 0.2) is 84.6 Å². The van der Waals surface area contributed by atoms with Gasteiger partial charge in [-0.3, -0.25) is 9.97 Å². The molecule has 17 heteroatoms. The Hall–Kier alpha value is -6.57. The number of nitrogens with zero attached hydrogens (tertiary/aromatic N) is 12. The summed E-state index contributed by atoms with van der Waals surface area (Å²) in [5, 5.41) is 29.7. The molecule has 0 bridgehead atoms. The van der Waals surface area contributed by atoms with Crippen LogP contribution >= 0.6 is 0 Å². The molecule has 2 fully saturated rings. The average Bonchev–Trinajstić information content (AvgIpc) is 3.72. The number of aromatic nitrogens is 5. The van der Waals surface area contributed by atoms with Crippen molar-refractivity contribution >= 4 is 37.1 Å². The molecule has 5 heterocycles. The number of hydrogen-bond acceptors (Lipinski definition) is 11. The van der Waals surface area contributed by atoms with Gasteiger partial charge in [0, 0.05) is 86.5 Å². The number of azide groups is 1. The van der Waals surface area contributed by atoms with Crippen LogP contribution in [0.2, 0.25) is 19.6 Å². The van der Waals surface area contributed by atoms with Crippen molar-refractivity contribution in [2.45, 2.75) is 40.9 Å². The Kier molecular flexibility index (Phi) is 16.7. The van der Waals surface area contributed by atoms with Crippen molar-refractivity contribution in [3.8, 4) is 28.4 Å². The molecule has 3 aromatic heterocycles. The lowest BCUT2D eigenvalue weighted by molar-refractivity contribution is 0.0686. The standard InChI is InChI=1S/C20H22N6O2.C15H23N3Si.C8H7N3O2.CH4/c1-14-3-4-15(20(27)28)10-19(14)26-13-18(22-23-26)16-9-17(12-21-11-16)25-7-5-24(2)6-8-25;1-17-6-8-18(9-7-17)15-11-14(12-16-13-15)5-10-19(2,3)4;1-5-2-3-6(8(12)13)4-7(5)10-11-9;/h3-4,9-13H,5-8H2,1-2H3,(H,27,28);11-13H,6-9H2,1-4H3;2-4H,1H3,(H,12,13);1H4. The third kappa shape index (κ3) is 13.7. The summed E-state index contributed by atoms with van der Waals surface area (Å²) in [5.74, 6) is 1.29. The van der Waals surface area contributed by atoms with Crippen LogP contribution in [0.3, 0.4) is 0 Å². The molecule has 0 spiro atoms. The highest BCUT2D eigenvalue weighted by atomic mass is 28.3. The molecule has 2 aromatic carbocycles. The van der Waals surface area contributed by atoms with Crippen LogP contribution in [0, 0.1) is 25.3 Å². The van der Waals surface area contributed by atoms with Gasteiger partial charge in [-0.05, 0) is 81.0 Å². The highest BCUT2D eigenvalue weighted by Crippen LogP contribution is 2.25. The molecular formula is C44H56N12O4Si. The smallest absolute Gasteiger partial charge is 0.335 e. The SMILES string of the molecule is C.CN1CCN(c2cncc(C#C[Si](C)(C)C)c2)CC1.Cc1ccc(C(=O)O)cc1-n1cc(-c2cncc(N3CCN(C)CC3)c2)nn1.Cc1ccc(C(=O)O)cc1N=[N+]=[N-]. The van der Waals surface area contributed by atoms with Crippen LogP contribution in [-0.2, 0) is 0 Å². The lowest BCUT2D eigenvalue weighted by Crippen LogP contribution is -2.44. The molecule has 5 aromatic rings. The van der Waals surface area contributed by atoms with E-state index >= 15 is 0 Å². The third-order valence-corrected chi connectivity index (χ3v) is 10.7. The zero-order valence-corrected chi connectivity index (χ0v) is 36.2. The highest BCUT2D eigenvalue weighted by Gasteiger charge is 2.18. The first-order chi connectivity index (χ1) is 28.6. The van der Waals surface area contributed by atoms with E-state index in [1.807, 2.05) is 25.5 Å². The predicted molar refractivity (Wildman–Crippen MR) is 244 cm³/mol. The average molecular weight is 845 g/mol. The van der Waals surface area contributed by atoms with Gasteiger partial charge in [0.15, 0.2) is 0 Å². The zero-order chi connectivity index (χ0) is 43.4. The van der Waals surface area contributed by atoms with E-state index < -0.39 is 20.0 Å². The van der Waals surface area contributed by atoms with Crippen LogP contribution < -0.4 is 9.80 Å². The van der Waals surface area contributed by atoms with Gasteiger partial charge in [-0.1, -0.05) is 55.4 Å². The number of carboxylic acids is 2. The molecule has 2 saturated heterocycles. The lowest BCUT2D eigenvalue weighted by atomic mass is 10.1. The maximum atomic E-state index is 11.3. The van der Waals surface area contributed by atoms with Crippen LogP contribution in [0.1, 0.15) is 44.8 Å². The number of piperazine rings is 2. The van der Waals surface area contributed by atoms with Gasteiger partial charge >= 0.3 is 11.9 Å². The second kappa shape index (κ2) is 21.6. The number of carbonyl (C=O) groups is 2. The maximum absolute atomic E-state index is 11.3. The van der Waals surface area contributed by atoms with Crippen molar-refractivity contribution in [2.75, 3.05) is 76.3 Å². The fourth-order valence-corrected chi connectivity index (χ4v) is 6.72. The molecule has 2 N–H and O–H groups in total. The van der Waals surface area contributed by atoms with E-state index in [1.165, 1.54) is 17.8 Å². The molecule has 61 heavy (non-hydrogen) atoms. The normalized spacial score (nSPS) is 14.1. The number of likely N-dealkylation sites (N-methyl/N-ethyl adjacent to an activating group) is 2. The molecule has 0 aliphatic carbocycles. The van der Waals surface area contributed by atoms with Gasteiger partial charge in [-0.25, -0.2) is 14.3 Å². The summed E-state index contributed by atoms with van der Waals surface area (Å²) >= 11 is 0. The minimum atomic E-state index is -1.32. The number of hydrogen-bond donors (Lipinski definition) is 2. The minimum absolute atomic E-state index is 0. The number of pyridine rings is 2. The second-order valence-electron chi connectivity index (χ2n) is 15.8. The van der Waals surface area contributed by atoms with E-state index in [4.69, 9.17) is 10.6 Å². The van der Waals surface area contributed by atoms with Crippen molar-refractivity contribution in [3.63, 3.8) is 0 Å². The molecule has 0 unspecified atom stereocenters. The Morgan fingerprint density at radius 3 is 1.85 bits per heavy atom. The monoisotopic (exact) mass is 844 g/mol. The molecule has 2 aliphatic rings. The molecule has 2 aliphatic heterocycles. The van der Waals surface area contributed by atoms with Gasteiger partial charge in [-0.2, -0.15) is 0 Å². The van der Waals surface area contributed by atoms with Crippen molar-refractivity contribution < 1.29 is 19.8 Å². The van der Waals surface area contributed by atoms with Gasteiger partial charge in [0.2, 0.25) is 0 Å². The van der Waals surface area contributed by atoms with Crippen LogP contribution in [-0.4, -0.2) is 131 Å². The van der Waals surface area contributed by atoms with E-state index in [0.717, 1.165) is 80.3 Å². The maximum Gasteiger partial charge on any atom is 0.335 e. The van der Waals surface area contributed by atoms with Gasteiger partial charge in [-0.15, -0.1) is 10.6 Å². The van der Waals surface area contributed by atoms with E-state index in [-0.39, 0.29) is 18.6 Å². The Balaban J connectivity index is 0.000000216.